The van der Waals surface area contributed by atoms with Gasteiger partial charge in [-0.2, -0.15) is 0 Å². The van der Waals surface area contributed by atoms with E-state index in [-0.39, 0.29) is 29.9 Å². The van der Waals surface area contributed by atoms with Crippen molar-refractivity contribution in [1.82, 2.24) is 14.7 Å². The molecule has 0 aromatic carbocycles. The Labute approximate surface area is 274 Å². The SMILES string of the molecule is CCCN1C[C@H](C)C[C@@](C)(OC)[C@H](O[C@@H]2O[C@H](C)C[C@H](N(C)C)[C@H]2O)[C@@H](C)C(=O)C(C)(C)C(O)OC[C@H]1C1CC(N(C)CC)C1. The molecule has 0 radical (unpaired) electrons. The first-order chi connectivity index (χ1) is 21.0. The van der Waals surface area contributed by atoms with E-state index in [1.165, 1.54) is 0 Å². The summed E-state index contributed by atoms with van der Waals surface area (Å²) >= 11 is 0. The molecule has 3 rings (SSSR count). The second-order valence-electron chi connectivity index (χ2n) is 15.5. The zero-order valence-electron chi connectivity index (χ0n) is 30.5. The van der Waals surface area contributed by atoms with Crippen LogP contribution >= 0.6 is 0 Å². The molecule has 2 aliphatic heterocycles. The molecule has 2 saturated heterocycles. The van der Waals surface area contributed by atoms with Gasteiger partial charge < -0.3 is 39.0 Å². The fraction of sp³-hybridized carbons (Fsp3) is 0.971. The van der Waals surface area contributed by atoms with Gasteiger partial charge in [0.1, 0.15) is 11.9 Å². The fourth-order valence-corrected chi connectivity index (χ4v) is 8.09. The summed E-state index contributed by atoms with van der Waals surface area (Å²) in [5.41, 5.74) is -2.08. The largest absolute Gasteiger partial charge is 0.386 e. The van der Waals surface area contributed by atoms with E-state index in [0.717, 1.165) is 38.9 Å². The number of hydrogen-bond acceptors (Lipinski definition) is 10. The van der Waals surface area contributed by atoms with Crippen molar-refractivity contribution in [3.8, 4) is 0 Å². The van der Waals surface area contributed by atoms with Crippen LogP contribution in [0.25, 0.3) is 0 Å². The minimum Gasteiger partial charge on any atom is -0.386 e. The van der Waals surface area contributed by atoms with Gasteiger partial charge in [0, 0.05) is 37.7 Å². The zero-order chi connectivity index (χ0) is 33.9. The van der Waals surface area contributed by atoms with Gasteiger partial charge in [-0.3, -0.25) is 9.69 Å². The second kappa shape index (κ2) is 16.1. The molecule has 1 saturated carbocycles. The Balaban J connectivity index is 1.99. The van der Waals surface area contributed by atoms with Gasteiger partial charge in [-0.15, -0.1) is 0 Å². The quantitative estimate of drug-likeness (QED) is 0.388. The van der Waals surface area contributed by atoms with Gasteiger partial charge in [-0.05, 0) is 106 Å². The lowest BCUT2D eigenvalue weighted by Gasteiger charge is -2.49. The molecule has 0 aromatic heterocycles. The van der Waals surface area contributed by atoms with Gasteiger partial charge in [-0.1, -0.05) is 27.7 Å². The van der Waals surface area contributed by atoms with Crippen molar-refractivity contribution in [2.45, 2.75) is 142 Å². The molecule has 3 fully saturated rings. The number of nitrogens with zero attached hydrogens (tertiary/aromatic N) is 3. The molecular weight excluding hydrogens is 574 g/mol. The number of rotatable bonds is 9. The van der Waals surface area contributed by atoms with Gasteiger partial charge in [0.05, 0.1) is 29.8 Å². The number of Topliss-reactive ketones (excluding diaryl/α,β-unsaturated/α-hetero) is 1. The zero-order valence-corrected chi connectivity index (χ0v) is 30.5. The van der Waals surface area contributed by atoms with Crippen LogP contribution < -0.4 is 0 Å². The summed E-state index contributed by atoms with van der Waals surface area (Å²) in [5.74, 6) is -0.190. The van der Waals surface area contributed by atoms with Crippen LogP contribution in [0.3, 0.4) is 0 Å². The molecule has 264 valence electrons. The number of methoxy groups -OCH3 is 1. The van der Waals surface area contributed by atoms with Crippen LogP contribution in [-0.4, -0.2) is 140 Å². The number of likely N-dealkylation sites (N-methyl/N-ethyl adjacent to an activating group) is 1. The van der Waals surface area contributed by atoms with Crippen LogP contribution in [0.1, 0.15) is 87.5 Å². The first kappa shape index (κ1) is 38.8. The van der Waals surface area contributed by atoms with Gasteiger partial charge in [-0.25, -0.2) is 0 Å². The summed E-state index contributed by atoms with van der Waals surface area (Å²) in [6, 6.07) is 0.557. The van der Waals surface area contributed by atoms with E-state index in [9.17, 15) is 15.0 Å². The molecule has 45 heavy (non-hydrogen) atoms. The highest BCUT2D eigenvalue weighted by Gasteiger charge is 2.51. The van der Waals surface area contributed by atoms with Gasteiger partial charge in [0.15, 0.2) is 12.6 Å². The summed E-state index contributed by atoms with van der Waals surface area (Å²) < 4.78 is 25.5. The van der Waals surface area contributed by atoms with Crippen molar-refractivity contribution in [2.24, 2.45) is 23.2 Å². The third kappa shape index (κ3) is 8.86. The van der Waals surface area contributed by atoms with E-state index in [2.05, 4.69) is 37.6 Å². The monoisotopic (exact) mass is 641 g/mol. The van der Waals surface area contributed by atoms with Crippen molar-refractivity contribution in [2.75, 3.05) is 54.5 Å². The highest BCUT2D eigenvalue weighted by atomic mass is 16.7. The van der Waals surface area contributed by atoms with Crippen molar-refractivity contribution < 1.29 is 34.0 Å². The summed E-state index contributed by atoms with van der Waals surface area (Å²) in [6.45, 7) is 19.1. The number of aliphatic hydroxyl groups is 2. The standard InChI is InChI=1S/C35H67N3O7/c1-13-15-38-20-22(3)19-35(8,42-12)31(45-32-29(39)27(36(9)10)16-23(4)44-32)24(5)30(40)34(6,7)33(41)43-21-28(38)25-17-26(18-25)37(11)14-2/h22-29,31-33,39,41H,13-21H2,1-12H3/t22-,23-,24+,25?,26?,27+,28+,29-,31-,32+,33?,35-/m1/s1. The van der Waals surface area contributed by atoms with Crippen LogP contribution in [0, 0.1) is 23.2 Å². The summed E-state index contributed by atoms with van der Waals surface area (Å²) in [5, 5.41) is 22.8. The molecule has 1 aliphatic carbocycles. The minimum atomic E-state index is -1.28. The lowest BCUT2D eigenvalue weighted by molar-refractivity contribution is -0.296. The molecule has 2 N–H and O–H groups in total. The maximum atomic E-state index is 14.3. The number of aliphatic hydroxyl groups excluding tert-OH is 2. The Hall–Kier alpha value is -0.690. The normalized spacial score (nSPS) is 42.6. The van der Waals surface area contributed by atoms with E-state index in [4.69, 9.17) is 18.9 Å². The Kier molecular flexibility index (Phi) is 13.9. The Morgan fingerprint density at radius 1 is 1.04 bits per heavy atom. The van der Waals surface area contributed by atoms with E-state index in [0.29, 0.717) is 31.4 Å². The number of carbonyl (C=O) groups is 1. The van der Waals surface area contributed by atoms with Crippen LogP contribution in [0.5, 0.6) is 0 Å². The van der Waals surface area contributed by atoms with E-state index < -0.39 is 41.7 Å². The average molecular weight is 642 g/mol. The lowest BCUT2D eigenvalue weighted by atomic mass is 9.73. The highest BCUT2D eigenvalue weighted by Crippen LogP contribution is 2.41. The number of hydrogen-bond donors (Lipinski definition) is 2. The maximum absolute atomic E-state index is 14.3. The maximum Gasteiger partial charge on any atom is 0.185 e. The Bertz CT molecular complexity index is 931. The topological polar surface area (TPSA) is 104 Å². The first-order valence-electron chi connectivity index (χ1n) is 17.5. The van der Waals surface area contributed by atoms with Crippen molar-refractivity contribution in [1.29, 1.82) is 0 Å². The molecule has 10 heteroatoms. The fourth-order valence-electron chi connectivity index (χ4n) is 8.09. The van der Waals surface area contributed by atoms with Crippen molar-refractivity contribution >= 4 is 5.78 Å². The van der Waals surface area contributed by atoms with Crippen LogP contribution in [-0.2, 0) is 23.7 Å². The molecule has 3 aliphatic rings. The molecule has 10 nitrogen and oxygen atoms in total. The molecule has 2 heterocycles. The van der Waals surface area contributed by atoms with Gasteiger partial charge in [0.25, 0.3) is 0 Å². The predicted octanol–water partition coefficient (Wildman–Crippen LogP) is 3.62. The third-order valence-corrected chi connectivity index (χ3v) is 11.3. The van der Waals surface area contributed by atoms with Crippen LogP contribution in [0.4, 0.5) is 0 Å². The number of ether oxygens (including phenoxy) is 4. The summed E-state index contributed by atoms with van der Waals surface area (Å²) in [4.78, 5) is 21.3. The molecule has 10 atom stereocenters. The molecular formula is C35H67N3O7. The van der Waals surface area contributed by atoms with Crippen molar-refractivity contribution in [3.63, 3.8) is 0 Å². The number of ketones is 1. The van der Waals surface area contributed by atoms with E-state index in [1.54, 1.807) is 21.0 Å². The van der Waals surface area contributed by atoms with Crippen LogP contribution in [0.2, 0.25) is 0 Å². The number of carbonyl (C=O) groups excluding carboxylic acids is 1. The molecule has 0 aromatic rings. The van der Waals surface area contributed by atoms with E-state index >= 15 is 0 Å². The second-order valence-corrected chi connectivity index (χ2v) is 15.5. The molecule has 1 unspecified atom stereocenters. The predicted molar refractivity (Wildman–Crippen MR) is 177 cm³/mol. The van der Waals surface area contributed by atoms with Gasteiger partial charge >= 0.3 is 0 Å². The average Bonchev–Trinajstić information content (AvgIpc) is 2.96. The van der Waals surface area contributed by atoms with Gasteiger partial charge in [0.2, 0.25) is 0 Å². The van der Waals surface area contributed by atoms with Crippen LogP contribution in [0.15, 0.2) is 0 Å². The third-order valence-electron chi connectivity index (χ3n) is 11.3. The Morgan fingerprint density at radius 2 is 1.69 bits per heavy atom. The smallest absolute Gasteiger partial charge is 0.185 e. The summed E-state index contributed by atoms with van der Waals surface area (Å²) in [6.07, 6.45) is 0.537. The summed E-state index contributed by atoms with van der Waals surface area (Å²) in [7, 11) is 7.76. The molecule has 0 bridgehead atoms. The molecule has 0 spiro atoms. The minimum absolute atomic E-state index is 0.131. The first-order valence-corrected chi connectivity index (χ1v) is 17.5. The Morgan fingerprint density at radius 3 is 2.24 bits per heavy atom. The molecule has 0 amide bonds. The highest BCUT2D eigenvalue weighted by molar-refractivity contribution is 5.87. The lowest BCUT2D eigenvalue weighted by Crippen LogP contribution is -2.59. The van der Waals surface area contributed by atoms with E-state index in [1.807, 2.05) is 39.8 Å². The van der Waals surface area contributed by atoms with Crippen molar-refractivity contribution in [3.05, 3.63) is 0 Å².